The molecule has 0 amide bonds. The Morgan fingerprint density at radius 2 is 1.81 bits per heavy atom. The van der Waals surface area contributed by atoms with Crippen LogP contribution < -0.4 is 5.56 Å². The van der Waals surface area contributed by atoms with Gasteiger partial charge < -0.3 is 10.1 Å². The number of nitrogens with one attached hydrogen (secondary N) is 1. The molecule has 0 aliphatic heterocycles. The van der Waals surface area contributed by atoms with Crippen molar-refractivity contribution in [1.29, 1.82) is 0 Å². The topological polar surface area (TPSA) is 66.0 Å². The molecule has 0 aliphatic carbocycles. The van der Waals surface area contributed by atoms with E-state index in [0.29, 0.717) is 17.8 Å². The molecule has 0 spiro atoms. The van der Waals surface area contributed by atoms with E-state index in [1.54, 1.807) is 0 Å². The predicted molar refractivity (Wildman–Crippen MR) is 84.7 cm³/mol. The van der Waals surface area contributed by atoms with Crippen LogP contribution in [0.5, 0.6) is 5.88 Å². The molecule has 4 heteroatoms. The maximum Gasteiger partial charge on any atom is 0.258 e. The van der Waals surface area contributed by atoms with Gasteiger partial charge in [-0.25, -0.2) is 0 Å². The summed E-state index contributed by atoms with van der Waals surface area (Å²) in [6.45, 7) is 8.40. The van der Waals surface area contributed by atoms with Crippen molar-refractivity contribution in [2.45, 2.75) is 46.0 Å². The third-order valence-corrected chi connectivity index (χ3v) is 3.52. The molecule has 0 unspecified atom stereocenters. The SMILES string of the molecule is CCCc1c(O)nc(-c2ccc(C(C)(C)C)cc2)[nH]c1=O. The van der Waals surface area contributed by atoms with Gasteiger partial charge in [0.15, 0.2) is 0 Å². The molecule has 4 nitrogen and oxygen atoms in total. The van der Waals surface area contributed by atoms with E-state index >= 15 is 0 Å². The Hall–Kier alpha value is -2.10. The minimum atomic E-state index is -0.265. The number of aromatic hydroxyl groups is 1. The van der Waals surface area contributed by atoms with Crippen LogP contribution in [-0.4, -0.2) is 15.1 Å². The summed E-state index contributed by atoms with van der Waals surface area (Å²) in [5, 5.41) is 9.92. The molecule has 1 aromatic heterocycles. The molecule has 21 heavy (non-hydrogen) atoms. The summed E-state index contributed by atoms with van der Waals surface area (Å²) < 4.78 is 0. The molecule has 0 aliphatic rings. The minimum absolute atomic E-state index is 0.0759. The van der Waals surface area contributed by atoms with Gasteiger partial charge >= 0.3 is 0 Å². The molecular formula is C17H22N2O2. The fraction of sp³-hybridized carbons (Fsp3) is 0.412. The highest BCUT2D eigenvalue weighted by Crippen LogP contribution is 2.25. The van der Waals surface area contributed by atoms with Crippen molar-refractivity contribution >= 4 is 0 Å². The Bertz CT molecular complexity index is 679. The molecule has 0 radical (unpaired) electrons. The van der Waals surface area contributed by atoms with Crippen molar-refractivity contribution < 1.29 is 5.11 Å². The van der Waals surface area contributed by atoms with Crippen molar-refractivity contribution in [2.24, 2.45) is 0 Å². The summed E-state index contributed by atoms with van der Waals surface area (Å²) in [5.41, 5.74) is 2.16. The number of hydrogen-bond acceptors (Lipinski definition) is 3. The van der Waals surface area contributed by atoms with Crippen molar-refractivity contribution in [1.82, 2.24) is 9.97 Å². The fourth-order valence-corrected chi connectivity index (χ4v) is 2.23. The fourth-order valence-electron chi connectivity index (χ4n) is 2.23. The number of benzene rings is 1. The van der Waals surface area contributed by atoms with Gasteiger partial charge in [-0.3, -0.25) is 4.79 Å². The zero-order chi connectivity index (χ0) is 15.6. The minimum Gasteiger partial charge on any atom is -0.493 e. The first-order chi connectivity index (χ1) is 9.82. The molecule has 1 aromatic carbocycles. The monoisotopic (exact) mass is 286 g/mol. The normalized spacial score (nSPS) is 11.6. The Kier molecular flexibility index (Phi) is 4.16. The predicted octanol–water partition coefficient (Wildman–Crippen LogP) is 3.39. The number of nitrogens with zero attached hydrogens (tertiary/aromatic N) is 1. The van der Waals surface area contributed by atoms with Crippen LogP contribution in [0.1, 0.15) is 45.2 Å². The van der Waals surface area contributed by atoms with Gasteiger partial charge in [0, 0.05) is 5.56 Å². The summed E-state index contributed by atoms with van der Waals surface area (Å²) in [6, 6.07) is 7.87. The van der Waals surface area contributed by atoms with Crippen molar-refractivity contribution in [3.63, 3.8) is 0 Å². The van der Waals surface area contributed by atoms with Crippen LogP contribution in [0.4, 0.5) is 0 Å². The molecular weight excluding hydrogens is 264 g/mol. The highest BCUT2D eigenvalue weighted by molar-refractivity contribution is 5.56. The van der Waals surface area contributed by atoms with E-state index < -0.39 is 0 Å². The summed E-state index contributed by atoms with van der Waals surface area (Å²) in [5.74, 6) is 0.230. The first-order valence-corrected chi connectivity index (χ1v) is 7.26. The number of rotatable bonds is 3. The third-order valence-electron chi connectivity index (χ3n) is 3.52. The number of aromatic nitrogens is 2. The van der Waals surface area contributed by atoms with Crippen LogP contribution in [0.25, 0.3) is 11.4 Å². The molecule has 2 N–H and O–H groups in total. The quantitative estimate of drug-likeness (QED) is 0.909. The highest BCUT2D eigenvalue weighted by atomic mass is 16.3. The van der Waals surface area contributed by atoms with Gasteiger partial charge in [-0.1, -0.05) is 58.4 Å². The molecule has 0 bridgehead atoms. The second-order valence-electron chi connectivity index (χ2n) is 6.29. The second-order valence-corrected chi connectivity index (χ2v) is 6.29. The van der Waals surface area contributed by atoms with E-state index in [2.05, 4.69) is 30.7 Å². The Morgan fingerprint density at radius 1 is 1.19 bits per heavy atom. The summed E-state index contributed by atoms with van der Waals surface area (Å²) in [6.07, 6.45) is 1.31. The maximum atomic E-state index is 12.0. The standard InChI is InChI=1S/C17H22N2O2/c1-5-6-13-15(20)18-14(19-16(13)21)11-7-9-12(10-8-11)17(2,3)4/h7-10H,5-6H2,1-4H3,(H2,18,19,20,21). The van der Waals surface area contributed by atoms with Crippen LogP contribution in [0, 0.1) is 0 Å². The van der Waals surface area contributed by atoms with Gasteiger partial charge in [0.1, 0.15) is 5.82 Å². The first kappa shape index (κ1) is 15.3. The molecule has 112 valence electrons. The van der Waals surface area contributed by atoms with E-state index in [-0.39, 0.29) is 16.9 Å². The van der Waals surface area contributed by atoms with E-state index in [9.17, 15) is 9.90 Å². The molecule has 2 aromatic rings. The van der Waals surface area contributed by atoms with Gasteiger partial charge in [-0.15, -0.1) is 0 Å². The molecule has 2 rings (SSSR count). The Balaban J connectivity index is 2.41. The summed E-state index contributed by atoms with van der Waals surface area (Å²) in [7, 11) is 0. The lowest BCUT2D eigenvalue weighted by atomic mass is 9.87. The lowest BCUT2D eigenvalue weighted by Crippen LogP contribution is -2.15. The summed E-state index contributed by atoms with van der Waals surface area (Å²) >= 11 is 0. The molecule has 0 saturated heterocycles. The highest BCUT2D eigenvalue weighted by Gasteiger charge is 2.14. The number of H-pyrrole nitrogens is 1. The van der Waals surface area contributed by atoms with Crippen molar-refractivity contribution in [3.8, 4) is 17.3 Å². The van der Waals surface area contributed by atoms with Gasteiger partial charge in [-0.2, -0.15) is 4.98 Å². The van der Waals surface area contributed by atoms with E-state index in [1.165, 1.54) is 5.56 Å². The van der Waals surface area contributed by atoms with Crippen LogP contribution in [0.3, 0.4) is 0 Å². The maximum absolute atomic E-state index is 12.0. The van der Waals surface area contributed by atoms with E-state index in [0.717, 1.165) is 12.0 Å². The van der Waals surface area contributed by atoms with Crippen molar-refractivity contribution in [3.05, 3.63) is 45.7 Å². The Labute approximate surface area is 124 Å². The summed E-state index contributed by atoms with van der Waals surface area (Å²) in [4.78, 5) is 18.9. The van der Waals surface area contributed by atoms with Crippen LogP contribution in [-0.2, 0) is 11.8 Å². The van der Waals surface area contributed by atoms with Crippen LogP contribution >= 0.6 is 0 Å². The zero-order valence-electron chi connectivity index (χ0n) is 13.0. The molecule has 1 heterocycles. The average Bonchev–Trinajstić information content (AvgIpc) is 2.42. The van der Waals surface area contributed by atoms with Crippen LogP contribution in [0.2, 0.25) is 0 Å². The van der Waals surface area contributed by atoms with Gasteiger partial charge in [0.05, 0.1) is 5.56 Å². The van der Waals surface area contributed by atoms with Crippen molar-refractivity contribution in [2.75, 3.05) is 0 Å². The lowest BCUT2D eigenvalue weighted by Gasteiger charge is -2.19. The third kappa shape index (κ3) is 3.32. The lowest BCUT2D eigenvalue weighted by molar-refractivity contribution is 0.443. The molecule has 0 fully saturated rings. The van der Waals surface area contributed by atoms with Crippen LogP contribution in [0.15, 0.2) is 29.1 Å². The number of hydrogen-bond donors (Lipinski definition) is 2. The average molecular weight is 286 g/mol. The van der Waals surface area contributed by atoms with Gasteiger partial charge in [-0.05, 0) is 17.4 Å². The molecule has 0 saturated carbocycles. The largest absolute Gasteiger partial charge is 0.493 e. The zero-order valence-corrected chi connectivity index (χ0v) is 13.0. The smallest absolute Gasteiger partial charge is 0.258 e. The first-order valence-electron chi connectivity index (χ1n) is 7.26. The van der Waals surface area contributed by atoms with E-state index in [1.807, 2.05) is 31.2 Å². The van der Waals surface area contributed by atoms with Gasteiger partial charge in [0.25, 0.3) is 5.56 Å². The molecule has 0 atom stereocenters. The second kappa shape index (κ2) is 5.72. The van der Waals surface area contributed by atoms with Gasteiger partial charge in [0.2, 0.25) is 5.88 Å². The number of aromatic amines is 1. The Morgan fingerprint density at radius 3 is 2.29 bits per heavy atom. The van der Waals surface area contributed by atoms with E-state index in [4.69, 9.17) is 0 Å².